The molecule has 0 saturated carbocycles. The highest BCUT2D eigenvalue weighted by Crippen LogP contribution is 2.29. The van der Waals surface area contributed by atoms with Crippen LogP contribution in [0, 0.1) is 0 Å². The number of ether oxygens (including phenoxy) is 1. The highest BCUT2D eigenvalue weighted by atomic mass is 16.5. The fourth-order valence-corrected chi connectivity index (χ4v) is 3.79. The van der Waals surface area contributed by atoms with Crippen LogP contribution in [-0.4, -0.2) is 45.9 Å². The molecule has 1 aromatic carbocycles. The van der Waals surface area contributed by atoms with Crippen LogP contribution >= 0.6 is 0 Å². The monoisotopic (exact) mass is 341 g/mol. The summed E-state index contributed by atoms with van der Waals surface area (Å²) < 4.78 is 7.55. The van der Waals surface area contributed by atoms with E-state index in [9.17, 15) is 4.79 Å². The van der Waals surface area contributed by atoms with Crippen molar-refractivity contribution in [3.05, 3.63) is 35.9 Å². The van der Waals surface area contributed by atoms with E-state index in [4.69, 9.17) is 4.74 Å². The van der Waals surface area contributed by atoms with Gasteiger partial charge in [-0.15, -0.1) is 10.2 Å². The number of rotatable bonds is 3. The summed E-state index contributed by atoms with van der Waals surface area (Å²) >= 11 is 0. The number of hydrogen-bond acceptors (Lipinski definition) is 4. The van der Waals surface area contributed by atoms with Crippen LogP contribution in [-0.2, 0) is 13.0 Å². The molecule has 1 fully saturated rings. The SMILES string of the molecule is COc1ccccc1NC(=O)N1CCC[C@H](c2nnc3n2CCC3)C1. The first-order valence-corrected chi connectivity index (χ1v) is 8.87. The Bertz CT molecular complexity index is 773. The Labute approximate surface area is 147 Å². The van der Waals surface area contributed by atoms with Gasteiger partial charge in [-0.1, -0.05) is 12.1 Å². The molecule has 2 aliphatic rings. The first-order valence-electron chi connectivity index (χ1n) is 8.87. The van der Waals surface area contributed by atoms with Gasteiger partial charge >= 0.3 is 6.03 Å². The molecule has 1 saturated heterocycles. The van der Waals surface area contributed by atoms with E-state index in [1.807, 2.05) is 29.2 Å². The highest BCUT2D eigenvalue weighted by molar-refractivity contribution is 5.91. The average molecular weight is 341 g/mol. The number of carbonyl (C=O) groups is 1. The minimum Gasteiger partial charge on any atom is -0.495 e. The maximum absolute atomic E-state index is 12.7. The largest absolute Gasteiger partial charge is 0.495 e. The third-order valence-corrected chi connectivity index (χ3v) is 5.06. The van der Waals surface area contributed by atoms with Crippen LogP contribution in [0.1, 0.15) is 36.8 Å². The van der Waals surface area contributed by atoms with Gasteiger partial charge in [-0.2, -0.15) is 0 Å². The first kappa shape index (κ1) is 15.9. The Morgan fingerprint density at radius 3 is 3.00 bits per heavy atom. The van der Waals surface area contributed by atoms with Crippen molar-refractivity contribution in [1.82, 2.24) is 19.7 Å². The number of benzene rings is 1. The number of piperidine rings is 1. The van der Waals surface area contributed by atoms with Gasteiger partial charge in [0, 0.05) is 32.0 Å². The molecule has 7 nitrogen and oxygen atoms in total. The lowest BCUT2D eigenvalue weighted by molar-refractivity contribution is 0.190. The molecular formula is C18H23N5O2. The van der Waals surface area contributed by atoms with E-state index in [-0.39, 0.29) is 11.9 Å². The summed E-state index contributed by atoms with van der Waals surface area (Å²) in [6.45, 7) is 2.44. The summed E-state index contributed by atoms with van der Waals surface area (Å²) in [7, 11) is 1.60. The number of para-hydroxylation sites is 2. The van der Waals surface area contributed by atoms with E-state index in [0.717, 1.165) is 50.4 Å². The van der Waals surface area contributed by atoms with E-state index in [0.29, 0.717) is 18.0 Å². The summed E-state index contributed by atoms with van der Waals surface area (Å²) in [5, 5.41) is 11.7. The molecule has 2 amide bonds. The number of aromatic nitrogens is 3. The molecule has 0 radical (unpaired) electrons. The number of nitrogens with one attached hydrogen (secondary N) is 1. The van der Waals surface area contributed by atoms with Crippen molar-refractivity contribution in [2.75, 3.05) is 25.5 Å². The van der Waals surface area contributed by atoms with E-state index in [1.165, 1.54) is 0 Å². The van der Waals surface area contributed by atoms with E-state index in [1.54, 1.807) is 7.11 Å². The molecule has 0 aliphatic carbocycles. The van der Waals surface area contributed by atoms with Gasteiger partial charge in [0.15, 0.2) is 0 Å². The number of urea groups is 1. The minimum atomic E-state index is -0.0876. The van der Waals surface area contributed by atoms with Crippen LogP contribution in [0.15, 0.2) is 24.3 Å². The smallest absolute Gasteiger partial charge is 0.321 e. The second-order valence-corrected chi connectivity index (χ2v) is 6.65. The lowest BCUT2D eigenvalue weighted by Gasteiger charge is -2.32. The number of nitrogens with zero attached hydrogens (tertiary/aromatic N) is 4. The lowest BCUT2D eigenvalue weighted by atomic mass is 9.97. The molecule has 0 unspecified atom stereocenters. The molecule has 1 aromatic heterocycles. The quantitative estimate of drug-likeness (QED) is 0.931. The molecule has 132 valence electrons. The molecule has 2 aliphatic heterocycles. The Kier molecular flexibility index (Phi) is 4.29. The molecule has 1 atom stereocenters. The van der Waals surface area contributed by atoms with Gasteiger partial charge in [-0.05, 0) is 31.4 Å². The Hall–Kier alpha value is -2.57. The fraction of sp³-hybridized carbons (Fsp3) is 0.500. The predicted octanol–water partition coefficient (Wildman–Crippen LogP) is 2.64. The van der Waals surface area contributed by atoms with Crippen molar-refractivity contribution < 1.29 is 9.53 Å². The number of fused-ring (bicyclic) bond motifs is 1. The zero-order valence-electron chi connectivity index (χ0n) is 14.4. The van der Waals surface area contributed by atoms with Crippen molar-refractivity contribution >= 4 is 11.7 Å². The van der Waals surface area contributed by atoms with Crippen molar-refractivity contribution in [3.8, 4) is 5.75 Å². The maximum Gasteiger partial charge on any atom is 0.321 e. The van der Waals surface area contributed by atoms with Crippen molar-refractivity contribution in [2.24, 2.45) is 0 Å². The second kappa shape index (κ2) is 6.74. The number of aryl methyl sites for hydroxylation is 1. The molecule has 3 heterocycles. The van der Waals surface area contributed by atoms with Crippen LogP contribution in [0.2, 0.25) is 0 Å². The topological polar surface area (TPSA) is 72.3 Å². The molecule has 0 bridgehead atoms. The number of likely N-dealkylation sites (tertiary alicyclic amines) is 1. The van der Waals surface area contributed by atoms with Gasteiger partial charge in [0.2, 0.25) is 0 Å². The van der Waals surface area contributed by atoms with Gasteiger partial charge in [-0.25, -0.2) is 4.79 Å². The molecular weight excluding hydrogens is 318 g/mol. The van der Waals surface area contributed by atoms with Crippen molar-refractivity contribution in [3.63, 3.8) is 0 Å². The fourth-order valence-electron chi connectivity index (χ4n) is 3.79. The normalized spacial score (nSPS) is 19.6. The predicted molar refractivity (Wildman–Crippen MR) is 93.9 cm³/mol. The zero-order valence-corrected chi connectivity index (χ0v) is 14.4. The standard InChI is InChI=1S/C18H23N5O2/c1-25-15-8-3-2-7-14(15)19-18(24)22-10-4-6-13(12-22)17-21-20-16-9-5-11-23(16)17/h2-3,7-8,13H,4-6,9-12H2,1H3,(H,19,24)/t13-/m0/s1. The molecule has 4 rings (SSSR count). The number of methoxy groups -OCH3 is 1. The third-order valence-electron chi connectivity index (χ3n) is 5.06. The van der Waals surface area contributed by atoms with E-state index >= 15 is 0 Å². The van der Waals surface area contributed by atoms with Gasteiger partial charge in [-0.3, -0.25) is 0 Å². The molecule has 7 heteroatoms. The summed E-state index contributed by atoms with van der Waals surface area (Å²) in [6.07, 6.45) is 4.18. The maximum atomic E-state index is 12.7. The zero-order chi connectivity index (χ0) is 17.2. The van der Waals surface area contributed by atoms with E-state index < -0.39 is 0 Å². The lowest BCUT2D eigenvalue weighted by Crippen LogP contribution is -2.42. The number of anilines is 1. The third kappa shape index (κ3) is 3.06. The van der Waals surface area contributed by atoms with Crippen LogP contribution in [0.5, 0.6) is 5.75 Å². The molecule has 1 N–H and O–H groups in total. The Morgan fingerprint density at radius 1 is 1.24 bits per heavy atom. The van der Waals surface area contributed by atoms with Crippen LogP contribution in [0.3, 0.4) is 0 Å². The summed E-state index contributed by atoms with van der Waals surface area (Å²) in [6, 6.07) is 7.38. The number of amides is 2. The van der Waals surface area contributed by atoms with Crippen molar-refractivity contribution in [2.45, 2.75) is 38.1 Å². The van der Waals surface area contributed by atoms with Gasteiger partial charge in [0.05, 0.1) is 12.8 Å². The van der Waals surface area contributed by atoms with Crippen LogP contribution in [0.25, 0.3) is 0 Å². The van der Waals surface area contributed by atoms with Gasteiger partial charge < -0.3 is 19.5 Å². The summed E-state index contributed by atoms with van der Waals surface area (Å²) in [4.78, 5) is 14.6. The molecule has 2 aromatic rings. The van der Waals surface area contributed by atoms with Crippen LogP contribution in [0.4, 0.5) is 10.5 Å². The van der Waals surface area contributed by atoms with Gasteiger partial charge in [0.25, 0.3) is 0 Å². The summed E-state index contributed by atoms with van der Waals surface area (Å²) in [5.74, 6) is 3.06. The highest BCUT2D eigenvalue weighted by Gasteiger charge is 2.30. The second-order valence-electron chi connectivity index (χ2n) is 6.65. The molecule has 0 spiro atoms. The summed E-state index contributed by atoms with van der Waals surface area (Å²) in [5.41, 5.74) is 0.695. The average Bonchev–Trinajstić information content (AvgIpc) is 3.26. The molecule has 25 heavy (non-hydrogen) atoms. The van der Waals surface area contributed by atoms with Crippen LogP contribution < -0.4 is 10.1 Å². The Morgan fingerprint density at radius 2 is 2.12 bits per heavy atom. The Balaban J connectivity index is 1.46. The number of carbonyl (C=O) groups excluding carboxylic acids is 1. The van der Waals surface area contributed by atoms with Crippen molar-refractivity contribution in [1.29, 1.82) is 0 Å². The van der Waals surface area contributed by atoms with Gasteiger partial charge in [0.1, 0.15) is 17.4 Å². The first-order chi connectivity index (χ1) is 12.3. The minimum absolute atomic E-state index is 0.0876. The van der Waals surface area contributed by atoms with E-state index in [2.05, 4.69) is 20.1 Å². The number of hydrogen-bond donors (Lipinski definition) is 1.